The van der Waals surface area contributed by atoms with Crippen LogP contribution in [-0.4, -0.2) is 46.4 Å². The van der Waals surface area contributed by atoms with Gasteiger partial charge in [-0.05, 0) is 63.7 Å². The molecule has 1 aliphatic carbocycles. The molecule has 0 bridgehead atoms. The average molecular weight is 353 g/mol. The lowest BCUT2D eigenvalue weighted by Gasteiger charge is -2.31. The van der Waals surface area contributed by atoms with Crippen LogP contribution in [0.15, 0.2) is 24.3 Å². The van der Waals surface area contributed by atoms with Crippen molar-refractivity contribution in [3.8, 4) is 5.69 Å². The molecule has 0 N–H and O–H groups in total. The van der Waals surface area contributed by atoms with Crippen molar-refractivity contribution in [3.63, 3.8) is 0 Å². The molecule has 1 fully saturated rings. The minimum atomic E-state index is -0.251. The van der Waals surface area contributed by atoms with Crippen molar-refractivity contribution in [1.29, 1.82) is 0 Å². The lowest BCUT2D eigenvalue weighted by atomic mass is 10.1. The highest BCUT2D eigenvalue weighted by atomic mass is 16.5. The summed E-state index contributed by atoms with van der Waals surface area (Å²) in [6.45, 7) is 7.18. The summed E-state index contributed by atoms with van der Waals surface area (Å²) in [7, 11) is 0. The molecule has 138 valence electrons. The van der Waals surface area contributed by atoms with Crippen molar-refractivity contribution in [2.24, 2.45) is 0 Å². The van der Waals surface area contributed by atoms with Crippen LogP contribution < -0.4 is 0 Å². The molecular weight excluding hydrogens is 326 g/mol. The highest BCUT2D eigenvalue weighted by molar-refractivity contribution is 5.89. The third-order valence-corrected chi connectivity index (χ3v) is 5.65. The first-order chi connectivity index (χ1) is 12.7. The molecule has 1 saturated heterocycles. The van der Waals surface area contributed by atoms with Crippen molar-refractivity contribution in [2.45, 2.75) is 52.1 Å². The van der Waals surface area contributed by atoms with Gasteiger partial charge in [-0.1, -0.05) is 25.1 Å². The predicted molar refractivity (Wildman–Crippen MR) is 101 cm³/mol. The van der Waals surface area contributed by atoms with Gasteiger partial charge in [0.1, 0.15) is 6.10 Å². The monoisotopic (exact) mass is 353 g/mol. The van der Waals surface area contributed by atoms with Crippen LogP contribution in [0.4, 0.5) is 0 Å². The number of nitrogens with zero attached hydrogens (tertiary/aromatic N) is 3. The Morgan fingerprint density at radius 1 is 1.27 bits per heavy atom. The minimum Gasteiger partial charge on any atom is -0.456 e. The van der Waals surface area contributed by atoms with Gasteiger partial charge < -0.3 is 4.74 Å². The number of esters is 1. The number of piperidine rings is 1. The van der Waals surface area contributed by atoms with Gasteiger partial charge in [0.2, 0.25) is 0 Å². The number of rotatable bonds is 4. The molecule has 2 aromatic rings. The van der Waals surface area contributed by atoms with E-state index in [9.17, 15) is 4.79 Å². The number of hydrogen-bond donors (Lipinski definition) is 0. The zero-order valence-corrected chi connectivity index (χ0v) is 15.7. The van der Waals surface area contributed by atoms with Gasteiger partial charge in [-0.2, -0.15) is 5.10 Å². The second kappa shape index (κ2) is 7.23. The van der Waals surface area contributed by atoms with Crippen molar-refractivity contribution in [2.75, 3.05) is 19.6 Å². The topological polar surface area (TPSA) is 47.4 Å². The van der Waals surface area contributed by atoms with Crippen LogP contribution in [0.3, 0.4) is 0 Å². The van der Waals surface area contributed by atoms with Gasteiger partial charge in [0, 0.05) is 17.8 Å². The Labute approximate surface area is 154 Å². The van der Waals surface area contributed by atoms with Crippen molar-refractivity contribution in [1.82, 2.24) is 14.7 Å². The Bertz CT molecular complexity index is 812. The van der Waals surface area contributed by atoms with Gasteiger partial charge in [0.15, 0.2) is 5.69 Å². The fourth-order valence-corrected chi connectivity index (χ4v) is 4.21. The average Bonchev–Trinajstić information content (AvgIpc) is 3.25. The smallest absolute Gasteiger partial charge is 0.359 e. The summed E-state index contributed by atoms with van der Waals surface area (Å²) in [4.78, 5) is 15.2. The molecule has 1 unspecified atom stereocenters. The highest BCUT2D eigenvalue weighted by Gasteiger charge is 2.30. The maximum Gasteiger partial charge on any atom is 0.359 e. The summed E-state index contributed by atoms with van der Waals surface area (Å²) >= 11 is 0. The fourth-order valence-electron chi connectivity index (χ4n) is 4.21. The molecule has 26 heavy (non-hydrogen) atoms. The quantitative estimate of drug-likeness (QED) is 0.791. The highest BCUT2D eigenvalue weighted by Crippen LogP contribution is 2.29. The summed E-state index contributed by atoms with van der Waals surface area (Å²) in [6, 6.07) is 8.19. The van der Waals surface area contributed by atoms with Crippen LogP contribution >= 0.6 is 0 Å². The molecule has 0 spiro atoms. The van der Waals surface area contributed by atoms with Gasteiger partial charge in [0.25, 0.3) is 0 Å². The first kappa shape index (κ1) is 17.3. The Balaban J connectivity index is 1.60. The van der Waals surface area contributed by atoms with E-state index in [1.54, 1.807) is 0 Å². The normalized spacial score (nSPS) is 20.2. The van der Waals surface area contributed by atoms with Gasteiger partial charge in [-0.3, -0.25) is 4.90 Å². The van der Waals surface area contributed by atoms with Gasteiger partial charge >= 0.3 is 5.97 Å². The first-order valence-corrected chi connectivity index (χ1v) is 9.77. The van der Waals surface area contributed by atoms with Crippen molar-refractivity contribution >= 4 is 5.97 Å². The second-order valence-corrected chi connectivity index (χ2v) is 7.39. The number of fused-ring (bicyclic) bond motifs is 1. The van der Waals surface area contributed by atoms with E-state index >= 15 is 0 Å². The summed E-state index contributed by atoms with van der Waals surface area (Å²) in [6.07, 6.45) is 4.97. The third kappa shape index (κ3) is 3.16. The van der Waals surface area contributed by atoms with Crippen molar-refractivity contribution < 1.29 is 9.53 Å². The lowest BCUT2D eigenvalue weighted by molar-refractivity contribution is 0.00701. The predicted octanol–water partition coefficient (Wildman–Crippen LogP) is 3.31. The summed E-state index contributed by atoms with van der Waals surface area (Å²) in [5.74, 6) is -0.251. The van der Waals surface area contributed by atoms with Crippen LogP contribution in [0, 0.1) is 6.92 Å². The third-order valence-electron chi connectivity index (χ3n) is 5.65. The van der Waals surface area contributed by atoms with E-state index in [2.05, 4.69) is 30.9 Å². The minimum absolute atomic E-state index is 0.0168. The molecule has 5 nitrogen and oxygen atoms in total. The van der Waals surface area contributed by atoms with E-state index in [1.807, 2.05) is 16.8 Å². The van der Waals surface area contributed by atoms with E-state index in [0.717, 1.165) is 68.6 Å². The Kier molecular flexibility index (Phi) is 4.81. The molecule has 4 rings (SSSR count). The first-order valence-electron chi connectivity index (χ1n) is 9.77. The standard InChI is InChI=1S/C21H27N3O2/c1-3-23-13-7-9-16(14-23)26-21(25)20-17-10-6-12-19(17)24(22-20)18-11-5-4-8-15(18)2/h4-5,8,11,16H,3,6-7,9-10,12-14H2,1-2H3. The van der Waals surface area contributed by atoms with Crippen LogP contribution in [0.25, 0.3) is 5.69 Å². The zero-order chi connectivity index (χ0) is 18.1. The molecule has 2 aliphatic rings. The number of carbonyl (C=O) groups excluding carboxylic acids is 1. The number of hydrogen-bond acceptors (Lipinski definition) is 4. The number of carbonyl (C=O) groups is 1. The molecule has 0 radical (unpaired) electrons. The van der Waals surface area contributed by atoms with E-state index < -0.39 is 0 Å². The largest absolute Gasteiger partial charge is 0.456 e. The number of benzene rings is 1. The molecule has 0 saturated carbocycles. The summed E-state index contributed by atoms with van der Waals surface area (Å²) in [5, 5.41) is 4.70. The number of aromatic nitrogens is 2. The van der Waals surface area contributed by atoms with Gasteiger partial charge in [0.05, 0.1) is 5.69 Å². The summed E-state index contributed by atoms with van der Waals surface area (Å²) in [5.41, 5.74) is 5.00. The number of likely N-dealkylation sites (N-methyl/N-ethyl adjacent to an activating group) is 1. The van der Waals surface area contributed by atoms with Gasteiger partial charge in [-0.25, -0.2) is 9.48 Å². The number of ether oxygens (including phenoxy) is 1. The van der Waals surface area contributed by atoms with Crippen LogP contribution in [0.1, 0.15) is 53.5 Å². The second-order valence-electron chi connectivity index (χ2n) is 7.39. The lowest BCUT2D eigenvalue weighted by Crippen LogP contribution is -2.40. The van der Waals surface area contributed by atoms with E-state index in [1.165, 1.54) is 5.69 Å². The SMILES string of the molecule is CCN1CCCC(OC(=O)c2nn(-c3ccccc3C)c3c2CCC3)C1. The van der Waals surface area contributed by atoms with E-state index in [0.29, 0.717) is 5.69 Å². The maximum absolute atomic E-state index is 12.9. The Morgan fingerprint density at radius 2 is 2.12 bits per heavy atom. The molecule has 1 aliphatic heterocycles. The van der Waals surface area contributed by atoms with Crippen LogP contribution in [0.2, 0.25) is 0 Å². The Morgan fingerprint density at radius 3 is 2.92 bits per heavy atom. The number of aryl methyl sites for hydroxylation is 1. The fraction of sp³-hybridized carbons (Fsp3) is 0.524. The van der Waals surface area contributed by atoms with Crippen LogP contribution in [0.5, 0.6) is 0 Å². The maximum atomic E-state index is 12.9. The van der Waals surface area contributed by atoms with Gasteiger partial charge in [-0.15, -0.1) is 0 Å². The molecular formula is C21H27N3O2. The number of para-hydroxylation sites is 1. The van der Waals surface area contributed by atoms with E-state index in [-0.39, 0.29) is 12.1 Å². The molecule has 0 amide bonds. The van der Waals surface area contributed by atoms with Crippen LogP contribution in [-0.2, 0) is 17.6 Å². The summed E-state index contributed by atoms with van der Waals surface area (Å²) < 4.78 is 7.82. The van der Waals surface area contributed by atoms with E-state index in [4.69, 9.17) is 9.84 Å². The molecule has 1 atom stereocenters. The number of likely N-dealkylation sites (tertiary alicyclic amines) is 1. The zero-order valence-electron chi connectivity index (χ0n) is 15.7. The molecule has 5 heteroatoms. The molecule has 1 aromatic heterocycles. The Hall–Kier alpha value is -2.14. The molecule has 1 aromatic carbocycles. The molecule has 2 heterocycles. The van der Waals surface area contributed by atoms with Crippen molar-refractivity contribution in [3.05, 3.63) is 46.8 Å².